The molecule has 8 nitrogen and oxygen atoms in total. The Morgan fingerprint density at radius 2 is 2.00 bits per heavy atom. The quantitative estimate of drug-likeness (QED) is 0.458. The van der Waals surface area contributed by atoms with E-state index in [1.165, 1.54) is 12.1 Å². The first-order valence-electron chi connectivity index (χ1n) is 8.66. The maximum Gasteiger partial charge on any atom is 0.269 e. The number of rotatable bonds is 7. The van der Waals surface area contributed by atoms with Gasteiger partial charge in [0.05, 0.1) is 37.1 Å². The molecule has 142 valence electrons. The van der Waals surface area contributed by atoms with Gasteiger partial charge in [0.15, 0.2) is 0 Å². The Bertz CT molecular complexity index is 802. The SMILES string of the molecule is COc1ccc(C=NNc2ccc([N+](=O)[O-])cc2)cc1CN1CCOCC1. The molecule has 1 fully saturated rings. The first kappa shape index (κ1) is 18.8. The summed E-state index contributed by atoms with van der Waals surface area (Å²) >= 11 is 0. The van der Waals surface area contributed by atoms with Gasteiger partial charge in [-0.3, -0.25) is 20.4 Å². The third-order valence-corrected chi connectivity index (χ3v) is 4.29. The fourth-order valence-corrected chi connectivity index (χ4v) is 2.84. The molecule has 0 bridgehead atoms. The van der Waals surface area contributed by atoms with Crippen LogP contribution in [0.1, 0.15) is 11.1 Å². The van der Waals surface area contributed by atoms with Crippen molar-refractivity contribution in [2.75, 3.05) is 38.8 Å². The fraction of sp³-hybridized carbons (Fsp3) is 0.316. The third kappa shape index (κ3) is 5.25. The summed E-state index contributed by atoms with van der Waals surface area (Å²) in [5.74, 6) is 0.849. The Balaban J connectivity index is 1.65. The van der Waals surface area contributed by atoms with Gasteiger partial charge in [-0.1, -0.05) is 0 Å². The van der Waals surface area contributed by atoms with Gasteiger partial charge in [-0.05, 0) is 35.9 Å². The van der Waals surface area contributed by atoms with Crippen molar-refractivity contribution in [1.82, 2.24) is 4.90 Å². The summed E-state index contributed by atoms with van der Waals surface area (Å²) in [5, 5.41) is 14.9. The number of nitrogens with one attached hydrogen (secondary N) is 1. The molecule has 1 N–H and O–H groups in total. The van der Waals surface area contributed by atoms with E-state index in [1.807, 2.05) is 12.1 Å². The average Bonchev–Trinajstić information content (AvgIpc) is 2.69. The molecule has 0 amide bonds. The van der Waals surface area contributed by atoms with Gasteiger partial charge < -0.3 is 9.47 Å². The van der Waals surface area contributed by atoms with E-state index >= 15 is 0 Å². The predicted octanol–water partition coefficient (Wildman–Crippen LogP) is 2.88. The van der Waals surface area contributed by atoms with Crippen LogP contribution in [0.15, 0.2) is 47.6 Å². The molecule has 8 heteroatoms. The Labute approximate surface area is 157 Å². The fourth-order valence-electron chi connectivity index (χ4n) is 2.84. The number of hydrazone groups is 1. The summed E-state index contributed by atoms with van der Waals surface area (Å²) in [4.78, 5) is 12.6. The van der Waals surface area contributed by atoms with Gasteiger partial charge in [-0.2, -0.15) is 5.10 Å². The van der Waals surface area contributed by atoms with Crippen LogP contribution < -0.4 is 10.2 Å². The van der Waals surface area contributed by atoms with Crippen molar-refractivity contribution in [2.45, 2.75) is 6.54 Å². The summed E-state index contributed by atoms with van der Waals surface area (Å²) in [6.07, 6.45) is 1.71. The zero-order valence-electron chi connectivity index (χ0n) is 15.1. The molecule has 0 radical (unpaired) electrons. The van der Waals surface area contributed by atoms with Gasteiger partial charge in [0.25, 0.3) is 5.69 Å². The number of nitro groups is 1. The highest BCUT2D eigenvalue weighted by molar-refractivity contribution is 5.81. The van der Waals surface area contributed by atoms with Gasteiger partial charge in [0.1, 0.15) is 5.75 Å². The van der Waals surface area contributed by atoms with Crippen molar-refractivity contribution >= 4 is 17.6 Å². The molecule has 1 aliphatic heterocycles. The van der Waals surface area contributed by atoms with Gasteiger partial charge >= 0.3 is 0 Å². The second-order valence-corrected chi connectivity index (χ2v) is 6.13. The molecule has 1 heterocycles. The third-order valence-electron chi connectivity index (χ3n) is 4.29. The van der Waals surface area contributed by atoms with Crippen molar-refractivity contribution < 1.29 is 14.4 Å². The molecule has 27 heavy (non-hydrogen) atoms. The highest BCUT2D eigenvalue weighted by Gasteiger charge is 2.13. The summed E-state index contributed by atoms with van der Waals surface area (Å²) in [6.45, 7) is 4.11. The van der Waals surface area contributed by atoms with Gasteiger partial charge in [-0.15, -0.1) is 0 Å². The van der Waals surface area contributed by atoms with E-state index in [4.69, 9.17) is 9.47 Å². The highest BCUT2D eigenvalue weighted by atomic mass is 16.6. The summed E-state index contributed by atoms with van der Waals surface area (Å²) < 4.78 is 10.9. The Morgan fingerprint density at radius 1 is 1.26 bits per heavy atom. The minimum Gasteiger partial charge on any atom is -0.496 e. The Kier molecular flexibility index (Phi) is 6.35. The lowest BCUT2D eigenvalue weighted by molar-refractivity contribution is -0.384. The molecule has 0 unspecified atom stereocenters. The van der Waals surface area contributed by atoms with Gasteiger partial charge in [0.2, 0.25) is 0 Å². The zero-order chi connectivity index (χ0) is 19.1. The molecule has 0 atom stereocenters. The number of hydrogen-bond acceptors (Lipinski definition) is 7. The second kappa shape index (κ2) is 9.11. The van der Waals surface area contributed by atoms with E-state index < -0.39 is 4.92 Å². The van der Waals surface area contributed by atoms with Crippen LogP contribution in [0.3, 0.4) is 0 Å². The van der Waals surface area contributed by atoms with E-state index in [0.717, 1.165) is 49.7 Å². The molecule has 0 saturated carbocycles. The number of ether oxygens (including phenoxy) is 2. The van der Waals surface area contributed by atoms with Crippen LogP contribution in [0.4, 0.5) is 11.4 Å². The van der Waals surface area contributed by atoms with Crippen LogP contribution >= 0.6 is 0 Å². The minimum absolute atomic E-state index is 0.0486. The van der Waals surface area contributed by atoms with E-state index in [0.29, 0.717) is 5.69 Å². The molecule has 3 rings (SSSR count). The van der Waals surface area contributed by atoms with Crippen LogP contribution in [-0.4, -0.2) is 49.5 Å². The average molecular weight is 370 g/mol. The van der Waals surface area contributed by atoms with Gasteiger partial charge in [0, 0.05) is 37.3 Å². The Hall–Kier alpha value is -2.97. The number of morpholine rings is 1. The molecule has 0 aliphatic carbocycles. The number of methoxy groups -OCH3 is 1. The maximum atomic E-state index is 10.7. The normalized spacial score (nSPS) is 15.0. The molecule has 0 aromatic heterocycles. The molecule has 2 aromatic rings. The van der Waals surface area contributed by atoms with Crippen LogP contribution in [0.25, 0.3) is 0 Å². The molecule has 0 spiro atoms. The number of hydrogen-bond donors (Lipinski definition) is 1. The van der Waals surface area contributed by atoms with Crippen LogP contribution in [0.5, 0.6) is 5.75 Å². The topological polar surface area (TPSA) is 89.2 Å². The zero-order valence-corrected chi connectivity index (χ0v) is 15.1. The lowest BCUT2D eigenvalue weighted by atomic mass is 10.1. The second-order valence-electron chi connectivity index (χ2n) is 6.13. The lowest BCUT2D eigenvalue weighted by Crippen LogP contribution is -2.35. The van der Waals surface area contributed by atoms with Crippen LogP contribution in [0, 0.1) is 10.1 Å². The molecule has 1 saturated heterocycles. The van der Waals surface area contributed by atoms with E-state index in [2.05, 4.69) is 21.5 Å². The number of benzene rings is 2. The molecule has 2 aromatic carbocycles. The predicted molar refractivity (Wildman–Crippen MR) is 103 cm³/mol. The molecule has 1 aliphatic rings. The number of non-ortho nitro benzene ring substituents is 1. The summed E-state index contributed by atoms with van der Waals surface area (Å²) in [5.41, 5.74) is 5.64. The van der Waals surface area contributed by atoms with Crippen LogP contribution in [0.2, 0.25) is 0 Å². The van der Waals surface area contributed by atoms with Crippen LogP contribution in [-0.2, 0) is 11.3 Å². The van der Waals surface area contributed by atoms with E-state index in [-0.39, 0.29) is 5.69 Å². The van der Waals surface area contributed by atoms with E-state index in [9.17, 15) is 10.1 Å². The van der Waals surface area contributed by atoms with Gasteiger partial charge in [-0.25, -0.2) is 0 Å². The van der Waals surface area contributed by atoms with E-state index in [1.54, 1.807) is 25.5 Å². The highest BCUT2D eigenvalue weighted by Crippen LogP contribution is 2.22. The van der Waals surface area contributed by atoms with Crippen molar-refractivity contribution in [3.05, 3.63) is 63.7 Å². The first-order chi connectivity index (χ1) is 13.2. The Morgan fingerprint density at radius 3 is 2.67 bits per heavy atom. The summed E-state index contributed by atoms with van der Waals surface area (Å²) in [6, 6.07) is 12.0. The molecular formula is C19H22N4O4. The first-order valence-corrected chi connectivity index (χ1v) is 8.66. The largest absolute Gasteiger partial charge is 0.496 e. The smallest absolute Gasteiger partial charge is 0.269 e. The maximum absolute atomic E-state index is 10.7. The number of anilines is 1. The van der Waals surface area contributed by atoms with Crippen molar-refractivity contribution in [2.24, 2.45) is 5.10 Å². The monoisotopic (exact) mass is 370 g/mol. The van der Waals surface area contributed by atoms with Crippen molar-refractivity contribution in [3.63, 3.8) is 0 Å². The number of nitro benzene ring substituents is 1. The standard InChI is InChI=1S/C19H22N4O4/c1-26-19-7-2-15(12-16(19)14-22-8-10-27-11-9-22)13-20-21-17-3-5-18(6-4-17)23(24)25/h2-7,12-13,21H,8-11,14H2,1H3. The van der Waals surface area contributed by atoms with Crippen molar-refractivity contribution in [1.29, 1.82) is 0 Å². The van der Waals surface area contributed by atoms with Crippen molar-refractivity contribution in [3.8, 4) is 5.75 Å². The number of nitrogens with zero attached hydrogens (tertiary/aromatic N) is 3. The molecular weight excluding hydrogens is 348 g/mol. The summed E-state index contributed by atoms with van der Waals surface area (Å²) in [7, 11) is 1.67. The lowest BCUT2D eigenvalue weighted by Gasteiger charge is -2.27. The minimum atomic E-state index is -0.430.